The number of ether oxygens (including phenoxy) is 1. The number of Topliss-reactive ketones (excluding diaryl/α,β-unsaturated/α-hetero) is 1. The summed E-state index contributed by atoms with van der Waals surface area (Å²) in [7, 11) is 1.28. The average Bonchev–Trinajstić information content (AvgIpc) is 2.23. The van der Waals surface area contributed by atoms with Gasteiger partial charge in [0.2, 0.25) is 0 Å². The summed E-state index contributed by atoms with van der Waals surface area (Å²) in [6, 6.07) is -0.466. The highest BCUT2D eigenvalue weighted by molar-refractivity contribution is 9.09. The van der Waals surface area contributed by atoms with E-state index in [1.165, 1.54) is 7.11 Å². The number of amides is 1. The minimum Gasteiger partial charge on any atom is -0.453 e. The van der Waals surface area contributed by atoms with E-state index in [1.807, 2.05) is 13.8 Å². The third-order valence-electron chi connectivity index (χ3n) is 2.15. The number of carbonyl (C=O) groups is 2. The molecule has 0 fully saturated rings. The molecule has 0 spiro atoms. The summed E-state index contributed by atoms with van der Waals surface area (Å²) >= 11 is 3.08. The lowest BCUT2D eigenvalue weighted by Gasteiger charge is -2.21. The van der Waals surface area contributed by atoms with E-state index in [-0.39, 0.29) is 17.0 Å². The van der Waals surface area contributed by atoms with E-state index in [0.717, 1.165) is 6.42 Å². The smallest absolute Gasteiger partial charge is 0.407 e. The van der Waals surface area contributed by atoms with Gasteiger partial charge in [0.25, 0.3) is 0 Å². The van der Waals surface area contributed by atoms with Gasteiger partial charge in [-0.25, -0.2) is 4.79 Å². The molecule has 14 heavy (non-hydrogen) atoms. The maximum atomic E-state index is 11.4. The van der Waals surface area contributed by atoms with Gasteiger partial charge >= 0.3 is 6.09 Å². The summed E-state index contributed by atoms with van der Waals surface area (Å²) in [5, 5.41) is 2.77. The number of hydrogen-bond acceptors (Lipinski definition) is 3. The lowest BCUT2D eigenvalue weighted by molar-refractivity contribution is -0.119. The highest BCUT2D eigenvalue weighted by Crippen LogP contribution is 2.10. The van der Waals surface area contributed by atoms with Crippen molar-refractivity contribution in [3.8, 4) is 0 Å². The fourth-order valence-electron chi connectivity index (χ4n) is 1.04. The molecule has 0 aromatic heterocycles. The molecule has 0 bridgehead atoms. The second kappa shape index (κ2) is 6.81. The Hall–Kier alpha value is -0.580. The van der Waals surface area contributed by atoms with Crippen molar-refractivity contribution in [2.45, 2.75) is 26.3 Å². The number of ketones is 1. The van der Waals surface area contributed by atoms with Gasteiger partial charge in [0.15, 0.2) is 5.78 Å². The number of alkyl halides is 1. The molecule has 0 saturated carbocycles. The van der Waals surface area contributed by atoms with Crippen LogP contribution in [0.4, 0.5) is 4.79 Å². The third kappa shape index (κ3) is 4.09. The zero-order valence-corrected chi connectivity index (χ0v) is 10.3. The Kier molecular flexibility index (Phi) is 6.53. The second-order valence-electron chi connectivity index (χ2n) is 3.10. The van der Waals surface area contributed by atoms with Crippen molar-refractivity contribution in [2.24, 2.45) is 5.92 Å². The Labute approximate surface area is 92.5 Å². The Bertz CT molecular complexity index is 208. The number of carbonyl (C=O) groups excluding carboxylic acids is 2. The van der Waals surface area contributed by atoms with Crippen molar-refractivity contribution < 1.29 is 14.3 Å². The van der Waals surface area contributed by atoms with Crippen LogP contribution in [0.5, 0.6) is 0 Å². The molecule has 1 amide bonds. The van der Waals surface area contributed by atoms with E-state index >= 15 is 0 Å². The van der Waals surface area contributed by atoms with Crippen LogP contribution in [0, 0.1) is 5.92 Å². The van der Waals surface area contributed by atoms with E-state index in [2.05, 4.69) is 26.0 Å². The maximum absolute atomic E-state index is 11.4. The minimum atomic E-state index is -0.565. The molecule has 0 aliphatic rings. The number of methoxy groups -OCH3 is 1. The normalized spacial score (nSPS) is 14.3. The summed E-state index contributed by atoms with van der Waals surface area (Å²) < 4.78 is 4.45. The summed E-state index contributed by atoms with van der Waals surface area (Å²) in [5.74, 6) is 0.0731. The molecular weight excluding hydrogens is 250 g/mol. The van der Waals surface area contributed by atoms with Gasteiger partial charge < -0.3 is 10.1 Å². The molecule has 0 aromatic rings. The van der Waals surface area contributed by atoms with E-state index in [1.54, 1.807) is 0 Å². The van der Waals surface area contributed by atoms with Gasteiger partial charge in [-0.15, -0.1) is 0 Å². The molecule has 2 unspecified atom stereocenters. The zero-order chi connectivity index (χ0) is 11.1. The van der Waals surface area contributed by atoms with Crippen molar-refractivity contribution in [3.05, 3.63) is 0 Å². The molecule has 0 radical (unpaired) electrons. The van der Waals surface area contributed by atoms with Gasteiger partial charge in [0.05, 0.1) is 18.5 Å². The predicted molar refractivity (Wildman–Crippen MR) is 57.6 cm³/mol. The van der Waals surface area contributed by atoms with E-state index in [4.69, 9.17) is 0 Å². The molecule has 0 heterocycles. The van der Waals surface area contributed by atoms with E-state index in [0.29, 0.717) is 0 Å². The van der Waals surface area contributed by atoms with Crippen LogP contribution in [0.15, 0.2) is 0 Å². The molecule has 82 valence electrons. The lowest BCUT2D eigenvalue weighted by Crippen LogP contribution is -2.45. The van der Waals surface area contributed by atoms with Gasteiger partial charge in [-0.3, -0.25) is 4.79 Å². The van der Waals surface area contributed by atoms with Crippen molar-refractivity contribution in [1.82, 2.24) is 5.32 Å². The zero-order valence-electron chi connectivity index (χ0n) is 8.67. The summed E-state index contributed by atoms with van der Waals surface area (Å²) in [6.45, 7) is 3.89. The molecule has 5 heteroatoms. The first-order valence-corrected chi connectivity index (χ1v) is 5.62. The van der Waals surface area contributed by atoms with Crippen LogP contribution in [0.3, 0.4) is 0 Å². The van der Waals surface area contributed by atoms with E-state index < -0.39 is 12.1 Å². The monoisotopic (exact) mass is 265 g/mol. The van der Waals surface area contributed by atoms with Gasteiger partial charge in [-0.2, -0.15) is 0 Å². The summed E-state index contributed by atoms with van der Waals surface area (Å²) in [5.41, 5.74) is 0. The molecule has 2 atom stereocenters. The first kappa shape index (κ1) is 13.4. The topological polar surface area (TPSA) is 55.4 Å². The van der Waals surface area contributed by atoms with Crippen LogP contribution in [0.25, 0.3) is 0 Å². The fourth-order valence-corrected chi connectivity index (χ4v) is 1.39. The van der Waals surface area contributed by atoms with Crippen LogP contribution < -0.4 is 5.32 Å². The Balaban J connectivity index is 4.39. The quantitative estimate of drug-likeness (QED) is 0.771. The number of halogens is 1. The largest absolute Gasteiger partial charge is 0.453 e. The molecule has 0 aliphatic heterocycles. The average molecular weight is 266 g/mol. The number of nitrogens with one attached hydrogen (secondary N) is 1. The molecule has 1 N–H and O–H groups in total. The second-order valence-corrected chi connectivity index (χ2v) is 3.66. The third-order valence-corrected chi connectivity index (χ3v) is 2.70. The molecule has 0 aliphatic carbocycles. The molecular formula is C9H16BrNO3. The highest BCUT2D eigenvalue weighted by atomic mass is 79.9. The molecule has 0 aromatic carbocycles. The molecule has 0 rings (SSSR count). The molecule has 4 nitrogen and oxygen atoms in total. The molecule has 0 saturated heterocycles. The Morgan fingerprint density at radius 2 is 2.07 bits per heavy atom. The van der Waals surface area contributed by atoms with Crippen molar-refractivity contribution in [1.29, 1.82) is 0 Å². The standard InChI is InChI=1S/C9H16BrNO3/c1-4-6(2)8(7(12)5-10)11-9(13)14-3/h6,8H,4-5H2,1-3H3,(H,11,13). The first-order chi connectivity index (χ1) is 6.56. The van der Waals surface area contributed by atoms with Gasteiger partial charge in [0.1, 0.15) is 0 Å². The summed E-state index contributed by atoms with van der Waals surface area (Å²) in [4.78, 5) is 22.4. The van der Waals surface area contributed by atoms with Gasteiger partial charge in [-0.1, -0.05) is 36.2 Å². The van der Waals surface area contributed by atoms with Crippen molar-refractivity contribution >= 4 is 27.8 Å². The fraction of sp³-hybridized carbons (Fsp3) is 0.778. The van der Waals surface area contributed by atoms with Gasteiger partial charge in [-0.05, 0) is 5.92 Å². The van der Waals surface area contributed by atoms with Crippen LogP contribution in [-0.4, -0.2) is 30.4 Å². The maximum Gasteiger partial charge on any atom is 0.407 e. The Morgan fingerprint density at radius 1 is 1.50 bits per heavy atom. The predicted octanol–water partition coefficient (Wildman–Crippen LogP) is 1.72. The first-order valence-electron chi connectivity index (χ1n) is 4.49. The summed E-state index contributed by atoms with van der Waals surface area (Å²) in [6.07, 6.45) is 0.262. The van der Waals surface area contributed by atoms with Gasteiger partial charge in [0, 0.05) is 0 Å². The number of rotatable bonds is 5. The Morgan fingerprint density at radius 3 is 2.43 bits per heavy atom. The van der Waals surface area contributed by atoms with Crippen molar-refractivity contribution in [3.63, 3.8) is 0 Å². The minimum absolute atomic E-state index is 0.0373. The number of hydrogen-bond donors (Lipinski definition) is 1. The highest BCUT2D eigenvalue weighted by Gasteiger charge is 2.24. The van der Waals surface area contributed by atoms with E-state index in [9.17, 15) is 9.59 Å². The van der Waals surface area contributed by atoms with Crippen LogP contribution in [0.1, 0.15) is 20.3 Å². The van der Waals surface area contributed by atoms with Crippen LogP contribution in [0.2, 0.25) is 0 Å². The van der Waals surface area contributed by atoms with Crippen LogP contribution >= 0.6 is 15.9 Å². The van der Waals surface area contributed by atoms with Crippen molar-refractivity contribution in [2.75, 3.05) is 12.4 Å². The van der Waals surface area contributed by atoms with Crippen LogP contribution in [-0.2, 0) is 9.53 Å². The lowest BCUT2D eigenvalue weighted by atomic mass is 9.96. The SMILES string of the molecule is CCC(C)C(NC(=O)OC)C(=O)CBr. The number of alkyl carbamates (subject to hydrolysis) is 1.